The first-order valence-electron chi connectivity index (χ1n) is 36.6. The summed E-state index contributed by atoms with van der Waals surface area (Å²) in [7, 11) is 0. The summed E-state index contributed by atoms with van der Waals surface area (Å²) in [5.74, 6) is -0.199. The number of ether oxygens (including phenoxy) is 4. The van der Waals surface area contributed by atoms with Gasteiger partial charge in [0.05, 0.1) is 32.0 Å². The number of amides is 1. The van der Waals surface area contributed by atoms with Crippen LogP contribution in [0.1, 0.15) is 335 Å². The summed E-state index contributed by atoms with van der Waals surface area (Å²) in [6, 6.07) is -0.825. The van der Waals surface area contributed by atoms with E-state index < -0.39 is 86.8 Å². The molecule has 12 unspecified atom stereocenters. The summed E-state index contributed by atoms with van der Waals surface area (Å²) < 4.78 is 22.9. The average Bonchev–Trinajstić information content (AvgIpc) is 1.83. The van der Waals surface area contributed by atoms with E-state index in [0.717, 1.165) is 57.8 Å². The van der Waals surface area contributed by atoms with Crippen LogP contribution in [0, 0.1) is 0 Å². The fourth-order valence-electron chi connectivity index (χ4n) is 12.3. The molecule has 0 spiro atoms. The second-order valence-corrected chi connectivity index (χ2v) is 26.1. The van der Waals surface area contributed by atoms with Crippen molar-refractivity contribution in [2.75, 3.05) is 19.8 Å². The molecule has 14 heteroatoms. The highest BCUT2D eigenvalue weighted by Gasteiger charge is 2.51. The Morgan fingerprint density at radius 1 is 0.419 bits per heavy atom. The molecule has 86 heavy (non-hydrogen) atoms. The smallest absolute Gasteiger partial charge is 0.220 e. The first-order valence-corrected chi connectivity index (χ1v) is 36.6. The monoisotopic (exact) mass is 1220 g/mol. The Kier molecular flexibility index (Phi) is 53.7. The van der Waals surface area contributed by atoms with Crippen LogP contribution < -0.4 is 5.32 Å². The van der Waals surface area contributed by atoms with Crippen LogP contribution in [0.5, 0.6) is 0 Å². The quantitative estimate of drug-likeness (QED) is 0.0204. The van der Waals surface area contributed by atoms with E-state index in [1.807, 2.05) is 0 Å². The molecule has 2 heterocycles. The number of hydrogen-bond donors (Lipinski definition) is 9. The molecule has 12 atom stereocenters. The predicted octanol–water partition coefficient (Wildman–Crippen LogP) is 15.1. The predicted molar refractivity (Wildman–Crippen MR) is 351 cm³/mol. The molecule has 0 aromatic heterocycles. The van der Waals surface area contributed by atoms with E-state index in [1.54, 1.807) is 0 Å². The van der Waals surface area contributed by atoms with Crippen LogP contribution in [0.4, 0.5) is 0 Å². The summed E-state index contributed by atoms with van der Waals surface area (Å²) in [4.78, 5) is 13.3. The van der Waals surface area contributed by atoms with Gasteiger partial charge < -0.3 is 65.1 Å². The second-order valence-electron chi connectivity index (χ2n) is 26.1. The van der Waals surface area contributed by atoms with E-state index in [9.17, 15) is 45.6 Å². The van der Waals surface area contributed by atoms with Gasteiger partial charge in [0.2, 0.25) is 5.91 Å². The second kappa shape index (κ2) is 57.4. The van der Waals surface area contributed by atoms with Gasteiger partial charge in [-0.05, 0) is 44.9 Å². The zero-order valence-electron chi connectivity index (χ0n) is 55.3. The lowest BCUT2D eigenvalue weighted by Crippen LogP contribution is -2.65. The van der Waals surface area contributed by atoms with Gasteiger partial charge >= 0.3 is 0 Å². The largest absolute Gasteiger partial charge is 0.394 e. The minimum absolute atomic E-state index is 0.199. The van der Waals surface area contributed by atoms with Crippen LogP contribution >= 0.6 is 0 Å². The van der Waals surface area contributed by atoms with Gasteiger partial charge in [-0.3, -0.25) is 4.79 Å². The van der Waals surface area contributed by atoms with Crippen molar-refractivity contribution >= 4 is 5.91 Å². The summed E-state index contributed by atoms with van der Waals surface area (Å²) in [5.41, 5.74) is 0. The maximum atomic E-state index is 13.3. The number of rotatable bonds is 61. The van der Waals surface area contributed by atoms with Crippen molar-refractivity contribution in [3.63, 3.8) is 0 Å². The Labute approximate surface area is 526 Å². The van der Waals surface area contributed by atoms with Crippen molar-refractivity contribution in [1.29, 1.82) is 0 Å². The summed E-state index contributed by atoms with van der Waals surface area (Å²) in [6.45, 7) is 2.89. The fraction of sp³-hybridized carbons (Fsp3) is 0.931. The van der Waals surface area contributed by atoms with Gasteiger partial charge in [-0.15, -0.1) is 0 Å². The van der Waals surface area contributed by atoms with E-state index in [-0.39, 0.29) is 12.5 Å². The third-order valence-corrected chi connectivity index (χ3v) is 18.2. The SMILES string of the molecule is CCCCCCC/C=C\C/C=C\CCCCCCCCCCCCCCCCCCCCCCCCCCCC(=O)NC(COC1OC(CO)C(OC2OC(CO)C(O)C(O)C2O)C(O)C1O)C(O)CCCCCCCCCCCCCCCCC. The molecule has 2 saturated heterocycles. The van der Waals surface area contributed by atoms with Crippen molar-refractivity contribution in [1.82, 2.24) is 5.32 Å². The van der Waals surface area contributed by atoms with Gasteiger partial charge in [-0.1, -0.05) is 308 Å². The van der Waals surface area contributed by atoms with Crippen LogP contribution in [0.15, 0.2) is 24.3 Å². The van der Waals surface area contributed by atoms with Gasteiger partial charge in [0.1, 0.15) is 48.8 Å². The molecule has 0 aromatic rings. The highest BCUT2D eigenvalue weighted by molar-refractivity contribution is 5.76. The first kappa shape index (κ1) is 80.6. The summed E-state index contributed by atoms with van der Waals surface area (Å²) in [5, 5.41) is 87.5. The van der Waals surface area contributed by atoms with Crippen molar-refractivity contribution in [3.8, 4) is 0 Å². The average molecular weight is 1220 g/mol. The molecule has 2 rings (SSSR count). The Hall–Kier alpha value is -1.53. The molecule has 9 N–H and O–H groups in total. The van der Waals surface area contributed by atoms with Crippen molar-refractivity contribution < 1.29 is 64.6 Å². The summed E-state index contributed by atoms with van der Waals surface area (Å²) >= 11 is 0. The van der Waals surface area contributed by atoms with Crippen LogP contribution in [0.25, 0.3) is 0 Å². The lowest BCUT2D eigenvalue weighted by Gasteiger charge is -2.46. The minimum Gasteiger partial charge on any atom is -0.394 e. The van der Waals surface area contributed by atoms with Gasteiger partial charge in [-0.2, -0.15) is 0 Å². The Balaban J connectivity index is 1.56. The zero-order valence-corrected chi connectivity index (χ0v) is 55.3. The number of allylic oxidation sites excluding steroid dienone is 4. The Bertz CT molecular complexity index is 1540. The molecule has 2 aliphatic rings. The van der Waals surface area contributed by atoms with Gasteiger partial charge in [-0.25, -0.2) is 0 Å². The highest BCUT2D eigenvalue weighted by atomic mass is 16.7. The molecule has 508 valence electrons. The zero-order chi connectivity index (χ0) is 62.3. The molecule has 2 aliphatic heterocycles. The van der Waals surface area contributed by atoms with Crippen LogP contribution in [-0.4, -0.2) is 140 Å². The number of carbonyl (C=O) groups is 1. The number of carbonyl (C=O) groups excluding carboxylic acids is 1. The summed E-state index contributed by atoms with van der Waals surface area (Å²) in [6.07, 6.45) is 55.1. The standard InChI is InChI=1S/C72H137NO13/c1-3-5-7-9-11-13-15-17-19-20-21-22-23-24-25-26-27-28-29-30-31-32-33-34-35-36-37-38-39-40-42-44-46-48-50-52-54-56-64(77)73-60(61(76)55-53-51-49-47-45-43-41-18-16-14-12-10-8-6-4-2)59-83-71-69(82)67(80)70(63(58-75)85-71)86-72-68(81)66(79)65(78)62(57-74)84-72/h15,17,20-21,60-63,65-72,74-76,78-82H,3-14,16,18-19,22-59H2,1-2H3,(H,73,77)/b17-15-,21-20-. The van der Waals surface area contributed by atoms with Gasteiger partial charge in [0.25, 0.3) is 0 Å². The molecule has 0 saturated carbocycles. The maximum absolute atomic E-state index is 13.3. The van der Waals surface area contributed by atoms with Crippen LogP contribution in [0.3, 0.4) is 0 Å². The van der Waals surface area contributed by atoms with Gasteiger partial charge in [0.15, 0.2) is 12.6 Å². The van der Waals surface area contributed by atoms with Crippen LogP contribution in [0.2, 0.25) is 0 Å². The first-order chi connectivity index (χ1) is 42.1. The molecule has 1 amide bonds. The van der Waals surface area contributed by atoms with Crippen molar-refractivity contribution in [2.45, 2.75) is 408 Å². The molecular formula is C72H137NO13. The normalized spacial score (nSPS) is 23.5. The lowest BCUT2D eigenvalue weighted by atomic mass is 9.97. The number of hydrogen-bond acceptors (Lipinski definition) is 13. The highest BCUT2D eigenvalue weighted by Crippen LogP contribution is 2.30. The Morgan fingerprint density at radius 2 is 0.767 bits per heavy atom. The van der Waals surface area contributed by atoms with E-state index >= 15 is 0 Å². The van der Waals surface area contributed by atoms with E-state index in [0.29, 0.717) is 12.8 Å². The molecule has 0 radical (unpaired) electrons. The van der Waals surface area contributed by atoms with E-state index in [1.165, 1.54) is 250 Å². The minimum atomic E-state index is -1.78. The topological polar surface area (TPSA) is 228 Å². The number of aliphatic hydroxyl groups is 8. The van der Waals surface area contributed by atoms with Crippen LogP contribution in [-0.2, 0) is 23.7 Å². The van der Waals surface area contributed by atoms with Gasteiger partial charge in [0, 0.05) is 6.42 Å². The lowest BCUT2D eigenvalue weighted by molar-refractivity contribution is -0.359. The Morgan fingerprint density at radius 3 is 1.16 bits per heavy atom. The maximum Gasteiger partial charge on any atom is 0.220 e. The number of aliphatic hydroxyl groups excluding tert-OH is 8. The number of nitrogens with one attached hydrogen (secondary N) is 1. The molecule has 0 aliphatic carbocycles. The molecule has 0 aromatic carbocycles. The van der Waals surface area contributed by atoms with E-state index in [2.05, 4.69) is 43.5 Å². The van der Waals surface area contributed by atoms with E-state index in [4.69, 9.17) is 18.9 Å². The van der Waals surface area contributed by atoms with Crippen molar-refractivity contribution in [2.24, 2.45) is 0 Å². The molecule has 14 nitrogen and oxygen atoms in total. The molecular weight excluding hydrogens is 1090 g/mol. The number of unbranched alkanes of at least 4 members (excludes halogenated alkanes) is 44. The van der Waals surface area contributed by atoms with Crippen molar-refractivity contribution in [3.05, 3.63) is 24.3 Å². The molecule has 2 fully saturated rings. The third kappa shape index (κ3) is 41.1. The fourth-order valence-corrected chi connectivity index (χ4v) is 12.3. The third-order valence-electron chi connectivity index (χ3n) is 18.2. The molecule has 0 bridgehead atoms.